The van der Waals surface area contributed by atoms with Gasteiger partial charge in [-0.2, -0.15) is 0 Å². The van der Waals surface area contributed by atoms with Crippen LogP contribution in [-0.2, 0) is 4.74 Å². The average molecular weight is 331 g/mol. The van der Waals surface area contributed by atoms with Gasteiger partial charge in [-0.3, -0.25) is 4.90 Å². The van der Waals surface area contributed by atoms with Crippen LogP contribution in [0.25, 0.3) is 0 Å². The van der Waals surface area contributed by atoms with Crippen LogP contribution in [0.15, 0.2) is 0 Å². The second-order valence-corrected chi connectivity index (χ2v) is 7.00. The Labute approximate surface area is 141 Å². The van der Waals surface area contributed by atoms with E-state index in [9.17, 15) is 15.3 Å². The number of hydrogen-bond acceptors (Lipinski definition) is 5. The Kier molecular flexibility index (Phi) is 10.3. The summed E-state index contributed by atoms with van der Waals surface area (Å²) in [6.07, 6.45) is 5.86. The number of aliphatic hydroxyl groups excluding tert-OH is 3. The number of hydrogen-bond donors (Lipinski definition) is 3. The van der Waals surface area contributed by atoms with E-state index >= 15 is 0 Å². The van der Waals surface area contributed by atoms with Crippen LogP contribution in [0, 0.1) is 0 Å². The molecule has 0 saturated heterocycles. The molecule has 1 aliphatic carbocycles. The zero-order chi connectivity index (χ0) is 17.2. The number of likely N-dealkylation sites (N-methyl/N-ethyl adjacent to an activating group) is 1. The topological polar surface area (TPSA) is 73.2 Å². The van der Waals surface area contributed by atoms with E-state index in [-0.39, 0.29) is 12.6 Å². The van der Waals surface area contributed by atoms with Crippen molar-refractivity contribution in [2.75, 3.05) is 20.2 Å². The van der Waals surface area contributed by atoms with Crippen LogP contribution in [0.2, 0.25) is 0 Å². The molecule has 0 bridgehead atoms. The molecule has 0 aromatic heterocycles. The number of nitrogens with zero attached hydrogens (tertiary/aromatic N) is 1. The summed E-state index contributed by atoms with van der Waals surface area (Å²) < 4.78 is 5.78. The predicted octanol–water partition coefficient (Wildman–Crippen LogP) is 1.93. The minimum absolute atomic E-state index is 0.190. The molecule has 0 radical (unpaired) electrons. The van der Waals surface area contributed by atoms with Crippen LogP contribution >= 0.6 is 0 Å². The lowest BCUT2D eigenvalue weighted by Gasteiger charge is -2.32. The summed E-state index contributed by atoms with van der Waals surface area (Å²) in [4.78, 5) is 2.11. The zero-order valence-corrected chi connectivity index (χ0v) is 15.2. The molecule has 23 heavy (non-hydrogen) atoms. The van der Waals surface area contributed by atoms with Crippen molar-refractivity contribution in [3.63, 3.8) is 0 Å². The van der Waals surface area contributed by atoms with E-state index in [1.807, 2.05) is 14.0 Å². The third kappa shape index (κ3) is 7.06. The SMILES string of the molecule is CCCCCCCN(C)[C@@H]1[C@@H](OCC(O)CCC)[C@@H](O)C[C@H]1O. The second-order valence-electron chi connectivity index (χ2n) is 7.00. The van der Waals surface area contributed by atoms with E-state index in [1.54, 1.807) is 0 Å². The first kappa shape index (κ1) is 20.8. The third-order valence-electron chi connectivity index (χ3n) is 4.82. The van der Waals surface area contributed by atoms with Gasteiger partial charge in [-0.05, 0) is 26.4 Å². The molecular formula is C18H37NO4. The average Bonchev–Trinajstić information content (AvgIpc) is 2.79. The largest absolute Gasteiger partial charge is 0.391 e. The Bertz CT molecular complexity index is 303. The Balaban J connectivity index is 2.44. The smallest absolute Gasteiger partial charge is 0.102 e. The summed E-state index contributed by atoms with van der Waals surface area (Å²) >= 11 is 0. The lowest BCUT2D eigenvalue weighted by atomic mass is 10.1. The fraction of sp³-hybridized carbons (Fsp3) is 1.00. The number of ether oxygens (including phenoxy) is 1. The van der Waals surface area contributed by atoms with Gasteiger partial charge >= 0.3 is 0 Å². The maximum atomic E-state index is 10.3. The summed E-state index contributed by atoms with van der Waals surface area (Å²) in [6.45, 7) is 5.35. The van der Waals surface area contributed by atoms with Gasteiger partial charge in [0, 0.05) is 6.42 Å². The molecule has 5 atom stereocenters. The molecule has 1 unspecified atom stereocenters. The second kappa shape index (κ2) is 11.4. The van der Waals surface area contributed by atoms with Crippen molar-refractivity contribution in [3.8, 4) is 0 Å². The van der Waals surface area contributed by atoms with Crippen molar-refractivity contribution in [2.45, 2.75) is 95.7 Å². The highest BCUT2D eigenvalue weighted by Gasteiger charge is 2.44. The van der Waals surface area contributed by atoms with Gasteiger partial charge in [-0.1, -0.05) is 46.0 Å². The van der Waals surface area contributed by atoms with E-state index in [2.05, 4.69) is 11.8 Å². The fourth-order valence-electron chi connectivity index (χ4n) is 3.47. The maximum absolute atomic E-state index is 10.3. The molecule has 0 heterocycles. The Morgan fingerprint density at radius 2 is 1.74 bits per heavy atom. The molecule has 1 saturated carbocycles. The van der Waals surface area contributed by atoms with E-state index in [1.165, 1.54) is 25.7 Å². The molecule has 5 heteroatoms. The number of rotatable bonds is 12. The highest BCUT2D eigenvalue weighted by molar-refractivity contribution is 4.98. The molecule has 0 aliphatic heterocycles. The first-order chi connectivity index (χ1) is 11.0. The first-order valence-corrected chi connectivity index (χ1v) is 9.37. The van der Waals surface area contributed by atoms with E-state index in [0.29, 0.717) is 12.8 Å². The Hall–Kier alpha value is -0.200. The molecule has 1 rings (SSSR count). The summed E-state index contributed by atoms with van der Waals surface area (Å²) in [7, 11) is 1.99. The molecule has 138 valence electrons. The zero-order valence-electron chi connectivity index (χ0n) is 15.2. The molecule has 3 N–H and O–H groups in total. The quantitative estimate of drug-likeness (QED) is 0.477. The van der Waals surface area contributed by atoms with Gasteiger partial charge in [0.25, 0.3) is 0 Å². The molecule has 1 fully saturated rings. The summed E-state index contributed by atoms with van der Waals surface area (Å²) in [6, 6.07) is -0.190. The standard InChI is InChI=1S/C18H37NO4/c1-4-6-7-8-9-11-19(3)17-15(21)12-16(22)18(17)23-13-14(20)10-5-2/h14-18,20-22H,4-13H2,1-3H3/t14?,15-,16+,17+,18+/m1/s1. The summed E-state index contributed by atoms with van der Waals surface area (Å²) in [5.41, 5.74) is 0. The lowest BCUT2D eigenvalue weighted by Crippen LogP contribution is -2.48. The minimum Gasteiger partial charge on any atom is -0.391 e. The monoisotopic (exact) mass is 331 g/mol. The Morgan fingerprint density at radius 3 is 2.39 bits per heavy atom. The predicted molar refractivity (Wildman–Crippen MR) is 92.5 cm³/mol. The normalized spacial score (nSPS) is 29.3. The van der Waals surface area contributed by atoms with Gasteiger partial charge in [0.15, 0.2) is 0 Å². The molecule has 0 aromatic rings. The van der Waals surface area contributed by atoms with Gasteiger partial charge in [-0.15, -0.1) is 0 Å². The van der Waals surface area contributed by atoms with E-state index in [0.717, 1.165) is 19.4 Å². The van der Waals surface area contributed by atoms with Gasteiger partial charge in [0.05, 0.1) is 31.0 Å². The molecule has 0 spiro atoms. The van der Waals surface area contributed by atoms with Gasteiger partial charge in [0.1, 0.15) is 6.10 Å². The fourth-order valence-corrected chi connectivity index (χ4v) is 3.47. The Morgan fingerprint density at radius 1 is 1.04 bits per heavy atom. The highest BCUT2D eigenvalue weighted by Crippen LogP contribution is 2.28. The van der Waals surface area contributed by atoms with Crippen LogP contribution < -0.4 is 0 Å². The maximum Gasteiger partial charge on any atom is 0.102 e. The van der Waals surface area contributed by atoms with Crippen LogP contribution in [0.4, 0.5) is 0 Å². The van der Waals surface area contributed by atoms with Crippen molar-refractivity contribution in [3.05, 3.63) is 0 Å². The molecular weight excluding hydrogens is 294 g/mol. The molecule has 1 aliphatic rings. The van der Waals surface area contributed by atoms with Crippen LogP contribution in [0.1, 0.15) is 65.2 Å². The van der Waals surface area contributed by atoms with Crippen LogP contribution in [0.5, 0.6) is 0 Å². The molecule has 0 amide bonds. The van der Waals surface area contributed by atoms with Crippen molar-refractivity contribution in [1.82, 2.24) is 4.90 Å². The van der Waals surface area contributed by atoms with Gasteiger partial charge in [-0.25, -0.2) is 0 Å². The first-order valence-electron chi connectivity index (χ1n) is 9.37. The van der Waals surface area contributed by atoms with Gasteiger partial charge in [0.2, 0.25) is 0 Å². The highest BCUT2D eigenvalue weighted by atomic mass is 16.5. The van der Waals surface area contributed by atoms with Gasteiger partial charge < -0.3 is 20.1 Å². The van der Waals surface area contributed by atoms with Crippen molar-refractivity contribution in [1.29, 1.82) is 0 Å². The minimum atomic E-state index is -0.661. The lowest BCUT2D eigenvalue weighted by molar-refractivity contribution is -0.0832. The molecule has 0 aromatic carbocycles. The van der Waals surface area contributed by atoms with Crippen molar-refractivity contribution >= 4 is 0 Å². The van der Waals surface area contributed by atoms with Crippen molar-refractivity contribution in [2.24, 2.45) is 0 Å². The van der Waals surface area contributed by atoms with E-state index in [4.69, 9.17) is 4.74 Å². The number of aliphatic hydroxyl groups is 3. The summed E-state index contributed by atoms with van der Waals surface area (Å²) in [5.74, 6) is 0. The third-order valence-corrected chi connectivity index (χ3v) is 4.82. The van der Waals surface area contributed by atoms with Crippen LogP contribution in [0.3, 0.4) is 0 Å². The summed E-state index contributed by atoms with van der Waals surface area (Å²) in [5, 5.41) is 30.3. The van der Waals surface area contributed by atoms with E-state index < -0.39 is 24.4 Å². The van der Waals surface area contributed by atoms with Crippen LogP contribution in [-0.4, -0.2) is 70.9 Å². The number of unbranched alkanes of at least 4 members (excludes halogenated alkanes) is 4. The molecule has 5 nitrogen and oxygen atoms in total. The van der Waals surface area contributed by atoms with Crippen molar-refractivity contribution < 1.29 is 20.1 Å².